The minimum absolute atomic E-state index is 0.118. The quantitative estimate of drug-likeness (QED) is 0.215. The lowest BCUT2D eigenvalue weighted by Crippen LogP contribution is -2.14. The molecule has 0 bridgehead atoms. The molecule has 0 radical (unpaired) electrons. The second-order valence-corrected chi connectivity index (χ2v) is 11.1. The third-order valence-electron chi connectivity index (χ3n) is 5.74. The molecule has 0 spiro atoms. The van der Waals surface area contributed by atoms with E-state index in [2.05, 4.69) is 75.5 Å². The number of nitrogens with one attached hydrogen (secondary N) is 1. The zero-order valence-electron chi connectivity index (χ0n) is 20.2. The number of benzene rings is 2. The summed E-state index contributed by atoms with van der Waals surface area (Å²) in [5.74, 6) is 0.937. The van der Waals surface area contributed by atoms with Gasteiger partial charge in [0, 0.05) is 38.9 Å². The number of thioether (sulfide) groups is 1. The van der Waals surface area contributed by atoms with Crippen molar-refractivity contribution in [1.29, 1.82) is 0 Å². The van der Waals surface area contributed by atoms with E-state index in [4.69, 9.17) is 0 Å². The fourth-order valence-corrected chi connectivity index (χ4v) is 6.34. The molecular formula is C27H25N5OS3. The summed E-state index contributed by atoms with van der Waals surface area (Å²) in [4.78, 5) is 18.4. The molecule has 3 aromatic heterocycles. The van der Waals surface area contributed by atoms with Crippen molar-refractivity contribution in [1.82, 2.24) is 19.7 Å². The van der Waals surface area contributed by atoms with Crippen molar-refractivity contribution in [2.24, 2.45) is 0 Å². The molecule has 2 aromatic carbocycles. The Morgan fingerprint density at radius 3 is 2.50 bits per heavy atom. The van der Waals surface area contributed by atoms with E-state index in [0.717, 1.165) is 27.8 Å². The predicted molar refractivity (Wildman–Crippen MR) is 151 cm³/mol. The van der Waals surface area contributed by atoms with Gasteiger partial charge in [0.25, 0.3) is 0 Å². The highest BCUT2D eigenvalue weighted by Crippen LogP contribution is 2.39. The predicted octanol–water partition coefficient (Wildman–Crippen LogP) is 7.16. The summed E-state index contributed by atoms with van der Waals surface area (Å²) in [5.41, 5.74) is 6.55. The Morgan fingerprint density at radius 1 is 0.972 bits per heavy atom. The summed E-state index contributed by atoms with van der Waals surface area (Å²) in [6, 6.07) is 18.5. The molecule has 9 heteroatoms. The summed E-state index contributed by atoms with van der Waals surface area (Å²) in [7, 11) is 0. The van der Waals surface area contributed by atoms with Crippen molar-refractivity contribution < 1.29 is 4.79 Å². The molecule has 1 N–H and O–H groups in total. The molecule has 36 heavy (non-hydrogen) atoms. The summed E-state index contributed by atoms with van der Waals surface area (Å²) in [6.45, 7) is 7.01. The highest BCUT2D eigenvalue weighted by molar-refractivity contribution is 7.99. The Labute approximate surface area is 222 Å². The number of carbonyl (C=O) groups excluding carboxylic acids is 1. The van der Waals surface area contributed by atoms with Crippen molar-refractivity contribution in [3.63, 3.8) is 0 Å². The summed E-state index contributed by atoms with van der Waals surface area (Å²) < 4.78 is 2.08. The van der Waals surface area contributed by atoms with Crippen LogP contribution in [0, 0.1) is 13.8 Å². The Hall–Kier alpha value is -3.27. The van der Waals surface area contributed by atoms with E-state index in [1.807, 2.05) is 35.7 Å². The van der Waals surface area contributed by atoms with Gasteiger partial charge in [-0.05, 0) is 26.3 Å². The van der Waals surface area contributed by atoms with Gasteiger partial charge < -0.3 is 9.88 Å². The third-order valence-corrected chi connectivity index (χ3v) is 8.38. The molecule has 0 fully saturated rings. The third kappa shape index (κ3) is 5.13. The molecule has 6 nitrogen and oxygen atoms in total. The van der Waals surface area contributed by atoms with Crippen LogP contribution in [0.2, 0.25) is 0 Å². The number of nitrogens with zero attached hydrogens (tertiary/aromatic N) is 4. The number of hydrogen-bond donors (Lipinski definition) is 1. The van der Waals surface area contributed by atoms with Crippen LogP contribution in [0.15, 0.2) is 70.5 Å². The van der Waals surface area contributed by atoms with Crippen LogP contribution in [-0.4, -0.2) is 31.4 Å². The van der Waals surface area contributed by atoms with E-state index in [-0.39, 0.29) is 11.7 Å². The van der Waals surface area contributed by atoms with Crippen molar-refractivity contribution in [3.05, 3.63) is 75.8 Å². The van der Waals surface area contributed by atoms with E-state index < -0.39 is 0 Å². The molecule has 0 atom stereocenters. The molecule has 1 amide bonds. The smallest absolute Gasteiger partial charge is 0.236 e. The zero-order chi connectivity index (χ0) is 25.1. The number of thiophene rings is 1. The minimum atomic E-state index is -0.118. The number of anilines is 1. The SMILES string of the molecule is CCn1c(SCC(=O)Nc2nc(-c3ccccc3)cs2)nnc1-c1csc(C)c1-c1ccc(C)cc1. The summed E-state index contributed by atoms with van der Waals surface area (Å²) in [6.07, 6.45) is 0. The maximum Gasteiger partial charge on any atom is 0.236 e. The highest BCUT2D eigenvalue weighted by atomic mass is 32.2. The molecule has 0 aliphatic carbocycles. The van der Waals surface area contributed by atoms with E-state index in [1.165, 1.54) is 44.7 Å². The maximum absolute atomic E-state index is 12.7. The maximum atomic E-state index is 12.7. The van der Waals surface area contributed by atoms with Crippen LogP contribution in [0.3, 0.4) is 0 Å². The van der Waals surface area contributed by atoms with Gasteiger partial charge in [0.1, 0.15) is 0 Å². The monoisotopic (exact) mass is 531 g/mol. The van der Waals surface area contributed by atoms with E-state index in [9.17, 15) is 4.79 Å². The number of thiazole rings is 1. The molecule has 182 valence electrons. The second-order valence-electron chi connectivity index (χ2n) is 8.24. The van der Waals surface area contributed by atoms with Crippen LogP contribution in [-0.2, 0) is 11.3 Å². The summed E-state index contributed by atoms with van der Waals surface area (Å²) >= 11 is 4.52. The molecule has 0 saturated heterocycles. The first-order chi connectivity index (χ1) is 17.5. The van der Waals surface area contributed by atoms with Crippen LogP contribution in [0.5, 0.6) is 0 Å². The standard InChI is InChI=1S/C27H25N5OS3/c1-4-32-25(21-14-34-18(3)24(21)20-12-10-17(2)11-13-20)30-31-27(32)36-16-23(33)29-26-28-22(15-35-26)19-8-6-5-7-9-19/h5-15H,4,16H2,1-3H3,(H,28,29,33). The van der Waals surface area contributed by atoms with Crippen LogP contribution in [0.1, 0.15) is 17.4 Å². The average Bonchev–Trinajstić information content (AvgIpc) is 3.62. The van der Waals surface area contributed by atoms with Crippen LogP contribution in [0.4, 0.5) is 5.13 Å². The van der Waals surface area contributed by atoms with Crippen LogP contribution >= 0.6 is 34.4 Å². The van der Waals surface area contributed by atoms with Crippen molar-refractivity contribution >= 4 is 45.5 Å². The van der Waals surface area contributed by atoms with Crippen LogP contribution < -0.4 is 5.32 Å². The number of aromatic nitrogens is 4. The molecule has 0 aliphatic rings. The number of amides is 1. The number of carbonyl (C=O) groups is 1. The van der Waals surface area contributed by atoms with Gasteiger partial charge in [-0.25, -0.2) is 4.98 Å². The van der Waals surface area contributed by atoms with E-state index in [0.29, 0.717) is 11.7 Å². The Bertz CT molecular complexity index is 1490. The first-order valence-electron chi connectivity index (χ1n) is 11.6. The average molecular weight is 532 g/mol. The van der Waals surface area contributed by atoms with Gasteiger partial charge >= 0.3 is 0 Å². The second kappa shape index (κ2) is 10.8. The van der Waals surface area contributed by atoms with Gasteiger partial charge in [-0.15, -0.1) is 32.9 Å². The lowest BCUT2D eigenvalue weighted by atomic mass is 10.0. The Balaban J connectivity index is 1.30. The van der Waals surface area contributed by atoms with Gasteiger partial charge in [-0.3, -0.25) is 4.79 Å². The van der Waals surface area contributed by atoms with E-state index >= 15 is 0 Å². The first-order valence-corrected chi connectivity index (χ1v) is 14.3. The van der Waals surface area contributed by atoms with E-state index in [1.54, 1.807) is 11.3 Å². The van der Waals surface area contributed by atoms with Gasteiger partial charge in [0.15, 0.2) is 16.1 Å². The number of aryl methyl sites for hydroxylation is 2. The Kier molecular flexibility index (Phi) is 7.31. The van der Waals surface area contributed by atoms with Crippen molar-refractivity contribution in [2.75, 3.05) is 11.1 Å². The van der Waals surface area contributed by atoms with Crippen molar-refractivity contribution in [2.45, 2.75) is 32.5 Å². The lowest BCUT2D eigenvalue weighted by Gasteiger charge is -2.09. The highest BCUT2D eigenvalue weighted by Gasteiger charge is 2.20. The fourth-order valence-electron chi connectivity index (χ4n) is 3.94. The minimum Gasteiger partial charge on any atom is -0.302 e. The van der Waals surface area contributed by atoms with Gasteiger partial charge in [0.05, 0.1) is 11.4 Å². The Morgan fingerprint density at radius 2 is 1.75 bits per heavy atom. The molecule has 0 unspecified atom stereocenters. The molecule has 0 saturated carbocycles. The molecule has 5 rings (SSSR count). The van der Waals surface area contributed by atoms with Crippen molar-refractivity contribution in [3.8, 4) is 33.8 Å². The van der Waals surface area contributed by atoms with Gasteiger partial charge in [-0.2, -0.15) is 0 Å². The number of hydrogen-bond acceptors (Lipinski definition) is 7. The van der Waals surface area contributed by atoms with Gasteiger partial charge in [0.2, 0.25) is 5.91 Å². The van der Waals surface area contributed by atoms with Crippen LogP contribution in [0.25, 0.3) is 33.8 Å². The largest absolute Gasteiger partial charge is 0.302 e. The molecule has 5 aromatic rings. The molecular weight excluding hydrogens is 507 g/mol. The lowest BCUT2D eigenvalue weighted by molar-refractivity contribution is -0.113. The zero-order valence-corrected chi connectivity index (χ0v) is 22.6. The topological polar surface area (TPSA) is 72.7 Å². The molecule has 3 heterocycles. The molecule has 0 aliphatic heterocycles. The first kappa shape index (κ1) is 24.4. The fraction of sp³-hybridized carbons (Fsp3) is 0.185. The normalized spacial score (nSPS) is 11.1. The number of rotatable bonds is 8. The summed E-state index contributed by atoms with van der Waals surface area (Å²) in [5, 5.41) is 17.3. The van der Waals surface area contributed by atoms with Gasteiger partial charge in [-0.1, -0.05) is 71.9 Å².